The Labute approximate surface area is 106 Å². The normalized spacial score (nSPS) is 20.5. The van der Waals surface area contributed by atoms with Gasteiger partial charge in [0.05, 0.1) is 11.4 Å². The minimum absolute atomic E-state index is 0.196. The summed E-state index contributed by atoms with van der Waals surface area (Å²) in [5.41, 5.74) is 7.38. The molecule has 0 spiro atoms. The maximum absolute atomic E-state index is 11.4. The van der Waals surface area contributed by atoms with Crippen LogP contribution < -0.4 is 11.1 Å². The number of piperidine rings is 1. The summed E-state index contributed by atoms with van der Waals surface area (Å²) in [5.74, 6) is 0.196. The Morgan fingerprint density at radius 1 is 1.53 bits per heavy atom. The summed E-state index contributed by atoms with van der Waals surface area (Å²) in [5, 5.41) is 3.99. The molecular weight excluding hydrogens is 238 g/mol. The number of nitrogens with two attached hydrogens (primary N) is 1. The maximum Gasteiger partial charge on any atom is 0.222 e. The third-order valence-corrected chi connectivity index (χ3v) is 3.24. The molecule has 1 saturated heterocycles. The number of carbonyl (C=O) groups excluding carboxylic acids is 1. The highest BCUT2D eigenvalue weighted by atomic mass is 35.5. The van der Waals surface area contributed by atoms with Crippen LogP contribution in [0.5, 0.6) is 0 Å². The molecule has 5 heteroatoms. The zero-order chi connectivity index (χ0) is 12.4. The van der Waals surface area contributed by atoms with Gasteiger partial charge < -0.3 is 16.0 Å². The molecule has 0 aliphatic carbocycles. The first-order chi connectivity index (χ1) is 8.06. The van der Waals surface area contributed by atoms with Gasteiger partial charge in [0.2, 0.25) is 5.91 Å². The van der Waals surface area contributed by atoms with Gasteiger partial charge in [-0.25, -0.2) is 0 Å². The highest BCUT2D eigenvalue weighted by molar-refractivity contribution is 6.31. The summed E-state index contributed by atoms with van der Waals surface area (Å²) >= 11 is 5.93. The van der Waals surface area contributed by atoms with E-state index in [0.717, 1.165) is 12.1 Å². The highest BCUT2D eigenvalue weighted by Gasteiger charge is 2.22. The predicted octanol–water partition coefficient (Wildman–Crippen LogP) is 1.95. The van der Waals surface area contributed by atoms with Gasteiger partial charge in [-0.15, -0.1) is 0 Å². The molecule has 2 rings (SSSR count). The maximum atomic E-state index is 11.4. The summed E-state index contributed by atoms with van der Waals surface area (Å²) in [6.45, 7) is 0.699. The fraction of sp³-hybridized carbons (Fsp3) is 0.417. The number of halogens is 1. The standard InChI is InChI=1S/C12H16ClN3O/c1-16-7-9(3-5-12(16)17)15-11-6-8(13)2-4-10(11)14/h2,4,6,9,15H,3,5,7,14H2,1H3. The lowest BCUT2D eigenvalue weighted by atomic mass is 10.1. The average Bonchev–Trinajstić information content (AvgIpc) is 2.29. The third kappa shape index (κ3) is 2.82. The number of carbonyl (C=O) groups is 1. The number of anilines is 2. The SMILES string of the molecule is CN1CC(Nc2cc(Cl)ccc2N)CCC1=O. The lowest BCUT2D eigenvalue weighted by molar-refractivity contribution is -0.132. The van der Waals surface area contributed by atoms with Crippen molar-refractivity contribution in [2.75, 3.05) is 24.6 Å². The summed E-state index contributed by atoms with van der Waals surface area (Å²) in [4.78, 5) is 13.1. The van der Waals surface area contributed by atoms with Crippen LogP contribution in [0.1, 0.15) is 12.8 Å². The molecule has 0 aromatic heterocycles. The van der Waals surface area contributed by atoms with Gasteiger partial charge in [-0.2, -0.15) is 0 Å². The van der Waals surface area contributed by atoms with Gasteiger partial charge in [-0.1, -0.05) is 11.6 Å². The molecule has 17 heavy (non-hydrogen) atoms. The van der Waals surface area contributed by atoms with Crippen molar-refractivity contribution < 1.29 is 4.79 Å². The van der Waals surface area contributed by atoms with Crippen molar-refractivity contribution in [2.45, 2.75) is 18.9 Å². The smallest absolute Gasteiger partial charge is 0.222 e. The van der Waals surface area contributed by atoms with E-state index in [9.17, 15) is 4.79 Å². The minimum atomic E-state index is 0.196. The zero-order valence-corrected chi connectivity index (χ0v) is 10.5. The summed E-state index contributed by atoms with van der Waals surface area (Å²) < 4.78 is 0. The van der Waals surface area contributed by atoms with E-state index in [4.69, 9.17) is 17.3 Å². The number of likely N-dealkylation sites (N-methyl/N-ethyl adjacent to an activating group) is 1. The fourth-order valence-electron chi connectivity index (χ4n) is 2.00. The van der Waals surface area contributed by atoms with Gasteiger partial charge in [-0.05, 0) is 24.6 Å². The van der Waals surface area contributed by atoms with E-state index >= 15 is 0 Å². The van der Waals surface area contributed by atoms with E-state index < -0.39 is 0 Å². The van der Waals surface area contributed by atoms with Crippen LogP contribution in [-0.4, -0.2) is 30.4 Å². The van der Waals surface area contributed by atoms with Gasteiger partial charge in [0.25, 0.3) is 0 Å². The minimum Gasteiger partial charge on any atom is -0.397 e. The largest absolute Gasteiger partial charge is 0.397 e. The summed E-state index contributed by atoms with van der Waals surface area (Å²) in [6.07, 6.45) is 1.41. The second kappa shape index (κ2) is 4.84. The number of amides is 1. The number of hydrogen-bond donors (Lipinski definition) is 2. The van der Waals surface area contributed by atoms with Crippen molar-refractivity contribution in [3.05, 3.63) is 23.2 Å². The zero-order valence-electron chi connectivity index (χ0n) is 9.74. The Kier molecular flexibility index (Phi) is 3.43. The first-order valence-corrected chi connectivity index (χ1v) is 5.99. The van der Waals surface area contributed by atoms with E-state index in [-0.39, 0.29) is 11.9 Å². The molecule has 1 aliphatic rings. The number of rotatable bonds is 2. The molecule has 0 radical (unpaired) electrons. The van der Waals surface area contributed by atoms with E-state index in [2.05, 4.69) is 5.32 Å². The van der Waals surface area contributed by atoms with Crippen LogP contribution in [0.3, 0.4) is 0 Å². The van der Waals surface area contributed by atoms with Crippen LogP contribution in [-0.2, 0) is 4.79 Å². The van der Waals surface area contributed by atoms with Gasteiger partial charge in [0.15, 0.2) is 0 Å². The van der Waals surface area contributed by atoms with E-state index in [1.807, 2.05) is 13.1 Å². The van der Waals surface area contributed by atoms with Crippen molar-refractivity contribution in [1.82, 2.24) is 4.90 Å². The van der Waals surface area contributed by atoms with Crippen molar-refractivity contribution in [1.29, 1.82) is 0 Å². The fourth-order valence-corrected chi connectivity index (χ4v) is 2.18. The molecular formula is C12H16ClN3O. The average molecular weight is 254 g/mol. The Morgan fingerprint density at radius 2 is 2.29 bits per heavy atom. The quantitative estimate of drug-likeness (QED) is 0.792. The first-order valence-electron chi connectivity index (χ1n) is 5.62. The molecule has 1 heterocycles. The molecule has 1 aliphatic heterocycles. The molecule has 0 bridgehead atoms. The van der Waals surface area contributed by atoms with E-state index in [0.29, 0.717) is 23.7 Å². The number of hydrogen-bond acceptors (Lipinski definition) is 3. The monoisotopic (exact) mass is 253 g/mol. The first kappa shape index (κ1) is 12.0. The van der Waals surface area contributed by atoms with Crippen molar-refractivity contribution >= 4 is 28.9 Å². The van der Waals surface area contributed by atoms with Crippen molar-refractivity contribution in [3.63, 3.8) is 0 Å². The van der Waals surface area contributed by atoms with Crippen LogP contribution in [0.25, 0.3) is 0 Å². The van der Waals surface area contributed by atoms with Gasteiger partial charge >= 0.3 is 0 Å². The molecule has 1 unspecified atom stereocenters. The van der Waals surface area contributed by atoms with Gasteiger partial charge in [-0.3, -0.25) is 4.79 Å². The van der Waals surface area contributed by atoms with Crippen LogP contribution in [0.4, 0.5) is 11.4 Å². The Balaban J connectivity index is 2.06. The highest BCUT2D eigenvalue weighted by Crippen LogP contribution is 2.25. The van der Waals surface area contributed by atoms with Crippen LogP contribution in [0, 0.1) is 0 Å². The van der Waals surface area contributed by atoms with Crippen molar-refractivity contribution in [3.8, 4) is 0 Å². The molecule has 0 saturated carbocycles. The lowest BCUT2D eigenvalue weighted by Gasteiger charge is -2.31. The van der Waals surface area contributed by atoms with E-state index in [1.54, 1.807) is 17.0 Å². The number of benzene rings is 1. The van der Waals surface area contributed by atoms with Crippen LogP contribution in [0.2, 0.25) is 5.02 Å². The van der Waals surface area contributed by atoms with Crippen LogP contribution in [0.15, 0.2) is 18.2 Å². The number of likely N-dealkylation sites (tertiary alicyclic amines) is 1. The Bertz CT molecular complexity index is 436. The molecule has 4 nitrogen and oxygen atoms in total. The molecule has 1 amide bonds. The van der Waals surface area contributed by atoms with Gasteiger partial charge in [0, 0.05) is 31.1 Å². The summed E-state index contributed by atoms with van der Waals surface area (Å²) in [6, 6.07) is 5.59. The predicted molar refractivity (Wildman–Crippen MR) is 70.1 cm³/mol. The van der Waals surface area contributed by atoms with Gasteiger partial charge in [0.1, 0.15) is 0 Å². The topological polar surface area (TPSA) is 58.4 Å². The van der Waals surface area contributed by atoms with Crippen molar-refractivity contribution in [2.24, 2.45) is 0 Å². The molecule has 1 atom stereocenters. The Morgan fingerprint density at radius 3 is 3.00 bits per heavy atom. The second-order valence-electron chi connectivity index (χ2n) is 4.39. The number of nitrogens with one attached hydrogen (secondary N) is 1. The van der Waals surface area contributed by atoms with E-state index in [1.165, 1.54) is 0 Å². The second-order valence-corrected chi connectivity index (χ2v) is 4.82. The van der Waals surface area contributed by atoms with Crippen LogP contribution >= 0.6 is 11.6 Å². The molecule has 1 aromatic carbocycles. The molecule has 92 valence electrons. The molecule has 1 fully saturated rings. The lowest BCUT2D eigenvalue weighted by Crippen LogP contribution is -2.43. The Hall–Kier alpha value is -1.42. The molecule has 3 N–H and O–H groups in total. The molecule has 1 aromatic rings. The third-order valence-electron chi connectivity index (χ3n) is 3.00. The summed E-state index contributed by atoms with van der Waals surface area (Å²) in [7, 11) is 1.82. The number of nitrogen functional groups attached to an aromatic ring is 1. The number of nitrogens with zero attached hydrogens (tertiary/aromatic N) is 1.